The molecule has 2 N–H and O–H groups in total. The Kier molecular flexibility index (Phi) is 10.4. The first kappa shape index (κ1) is 24.8. The van der Waals surface area contributed by atoms with Crippen molar-refractivity contribution in [3.8, 4) is 11.5 Å². The van der Waals surface area contributed by atoms with Crippen LogP contribution in [0.25, 0.3) is 0 Å². The lowest BCUT2D eigenvalue weighted by Gasteiger charge is -2.33. The van der Waals surface area contributed by atoms with Gasteiger partial charge in [-0.1, -0.05) is 6.07 Å². The maximum atomic E-state index is 11.5. The number of carbonyl (C=O) groups excluding carboxylic acids is 1. The molecule has 174 valence electrons. The average molecular weight is 434 g/mol. The van der Waals surface area contributed by atoms with Gasteiger partial charge >= 0.3 is 0 Å². The fraction of sp³-hybridized carbons (Fsp3) is 0.652. The molecule has 0 aromatic heterocycles. The minimum Gasteiger partial charge on any atom is -0.490 e. The number of guanidine groups is 1. The SMILES string of the molecule is CCNC(=NCCN1CCN(C(C)=O)CC1)NC(C)c1ccc(OCC)c(OCC)c1. The van der Waals surface area contributed by atoms with E-state index in [4.69, 9.17) is 14.5 Å². The molecule has 0 aliphatic carbocycles. The summed E-state index contributed by atoms with van der Waals surface area (Å²) in [6.07, 6.45) is 0. The van der Waals surface area contributed by atoms with E-state index in [1.165, 1.54) is 0 Å². The predicted molar refractivity (Wildman–Crippen MR) is 125 cm³/mol. The van der Waals surface area contributed by atoms with Gasteiger partial charge in [0, 0.05) is 46.2 Å². The number of carbonyl (C=O) groups is 1. The van der Waals surface area contributed by atoms with E-state index in [1.807, 2.05) is 30.9 Å². The molecule has 1 heterocycles. The molecule has 1 aliphatic rings. The third kappa shape index (κ3) is 7.94. The lowest BCUT2D eigenvalue weighted by molar-refractivity contribution is -0.130. The second kappa shape index (κ2) is 13.0. The Bertz CT molecular complexity index is 717. The molecule has 1 unspecified atom stereocenters. The molecule has 1 aromatic carbocycles. The minimum atomic E-state index is 0.0618. The largest absolute Gasteiger partial charge is 0.490 e. The standard InChI is InChI=1S/C23H39N5O3/c1-6-24-23(25-11-12-27-13-15-28(16-14-27)19(5)29)26-18(4)20-9-10-21(30-7-2)22(17-20)31-8-3/h9-10,17-18H,6-8,11-16H2,1-5H3,(H2,24,25,26). The van der Waals surface area contributed by atoms with Gasteiger partial charge in [0.05, 0.1) is 25.8 Å². The zero-order valence-electron chi connectivity index (χ0n) is 19.7. The first-order valence-electron chi connectivity index (χ1n) is 11.4. The Hall–Kier alpha value is -2.48. The van der Waals surface area contributed by atoms with Crippen LogP contribution in [0.15, 0.2) is 23.2 Å². The van der Waals surface area contributed by atoms with Crippen LogP contribution in [0.4, 0.5) is 0 Å². The van der Waals surface area contributed by atoms with Gasteiger partial charge in [0.2, 0.25) is 5.91 Å². The van der Waals surface area contributed by atoms with E-state index >= 15 is 0 Å². The molecule has 1 amide bonds. The van der Waals surface area contributed by atoms with Gasteiger partial charge in [-0.3, -0.25) is 14.7 Å². The van der Waals surface area contributed by atoms with Gasteiger partial charge in [-0.2, -0.15) is 0 Å². The summed E-state index contributed by atoms with van der Waals surface area (Å²) >= 11 is 0. The number of benzene rings is 1. The number of nitrogens with zero attached hydrogens (tertiary/aromatic N) is 3. The van der Waals surface area contributed by atoms with Crippen LogP contribution in [0.5, 0.6) is 11.5 Å². The van der Waals surface area contributed by atoms with E-state index in [0.29, 0.717) is 19.8 Å². The van der Waals surface area contributed by atoms with Crippen molar-refractivity contribution in [3.63, 3.8) is 0 Å². The third-order valence-electron chi connectivity index (χ3n) is 5.27. The van der Waals surface area contributed by atoms with Crippen LogP contribution in [0.2, 0.25) is 0 Å². The molecule has 8 nitrogen and oxygen atoms in total. The molecule has 1 saturated heterocycles. The van der Waals surface area contributed by atoms with Crippen molar-refractivity contribution >= 4 is 11.9 Å². The van der Waals surface area contributed by atoms with Crippen LogP contribution in [0.3, 0.4) is 0 Å². The van der Waals surface area contributed by atoms with E-state index in [2.05, 4.69) is 35.4 Å². The molecule has 8 heteroatoms. The van der Waals surface area contributed by atoms with Crippen LogP contribution in [-0.2, 0) is 4.79 Å². The van der Waals surface area contributed by atoms with Crippen LogP contribution in [-0.4, -0.2) is 80.7 Å². The topological polar surface area (TPSA) is 78.4 Å². The monoisotopic (exact) mass is 433 g/mol. The molecule has 1 aromatic rings. The van der Waals surface area contributed by atoms with Crippen molar-refractivity contribution in [3.05, 3.63) is 23.8 Å². The van der Waals surface area contributed by atoms with Crippen LogP contribution >= 0.6 is 0 Å². The smallest absolute Gasteiger partial charge is 0.219 e. The quantitative estimate of drug-likeness (QED) is 0.435. The highest BCUT2D eigenvalue weighted by Crippen LogP contribution is 2.30. The van der Waals surface area contributed by atoms with E-state index in [0.717, 1.165) is 62.3 Å². The highest BCUT2D eigenvalue weighted by atomic mass is 16.5. The van der Waals surface area contributed by atoms with Crippen molar-refractivity contribution in [2.75, 3.05) is 59.0 Å². The van der Waals surface area contributed by atoms with E-state index in [1.54, 1.807) is 6.92 Å². The van der Waals surface area contributed by atoms with Crippen molar-refractivity contribution in [1.82, 2.24) is 20.4 Å². The molecule has 31 heavy (non-hydrogen) atoms. The maximum Gasteiger partial charge on any atom is 0.219 e. The van der Waals surface area contributed by atoms with Crippen LogP contribution in [0, 0.1) is 0 Å². The summed E-state index contributed by atoms with van der Waals surface area (Å²) in [6, 6.07) is 6.12. The van der Waals surface area contributed by atoms with Gasteiger partial charge in [-0.25, -0.2) is 0 Å². The second-order valence-corrected chi connectivity index (χ2v) is 7.55. The van der Waals surface area contributed by atoms with Crippen molar-refractivity contribution in [1.29, 1.82) is 0 Å². The number of aliphatic imine (C=N–C) groups is 1. The number of nitrogens with one attached hydrogen (secondary N) is 2. The summed E-state index contributed by atoms with van der Waals surface area (Å²) in [4.78, 5) is 20.5. The van der Waals surface area contributed by atoms with Crippen LogP contribution in [0.1, 0.15) is 46.2 Å². The Labute approximate surface area is 187 Å². The molecule has 1 fully saturated rings. The number of hydrogen-bond acceptors (Lipinski definition) is 5. The van der Waals surface area contributed by atoms with Crippen molar-refractivity contribution in [2.45, 2.75) is 40.7 Å². The zero-order chi connectivity index (χ0) is 22.6. The highest BCUT2D eigenvalue weighted by Gasteiger charge is 2.18. The van der Waals surface area contributed by atoms with E-state index < -0.39 is 0 Å². The Morgan fingerprint density at radius 3 is 2.39 bits per heavy atom. The molecule has 0 radical (unpaired) electrons. The van der Waals surface area contributed by atoms with Gasteiger partial charge in [-0.05, 0) is 45.4 Å². The van der Waals surface area contributed by atoms with Gasteiger partial charge in [-0.15, -0.1) is 0 Å². The molecule has 1 aliphatic heterocycles. The summed E-state index contributed by atoms with van der Waals surface area (Å²) in [5.74, 6) is 2.49. The fourth-order valence-corrected chi connectivity index (χ4v) is 3.54. The van der Waals surface area contributed by atoms with Gasteiger partial charge in [0.15, 0.2) is 17.5 Å². The van der Waals surface area contributed by atoms with Gasteiger partial charge in [0.25, 0.3) is 0 Å². The van der Waals surface area contributed by atoms with Crippen molar-refractivity contribution in [2.24, 2.45) is 4.99 Å². The highest BCUT2D eigenvalue weighted by molar-refractivity contribution is 5.80. The van der Waals surface area contributed by atoms with E-state index in [-0.39, 0.29) is 11.9 Å². The fourth-order valence-electron chi connectivity index (χ4n) is 3.54. The zero-order valence-corrected chi connectivity index (χ0v) is 19.7. The molecule has 0 spiro atoms. The first-order chi connectivity index (χ1) is 15.0. The number of piperazine rings is 1. The number of hydrogen-bond donors (Lipinski definition) is 2. The molecule has 2 rings (SSSR count). The van der Waals surface area contributed by atoms with Gasteiger partial charge < -0.3 is 25.0 Å². The Morgan fingerprint density at radius 2 is 1.77 bits per heavy atom. The number of rotatable bonds is 10. The number of amides is 1. The lowest BCUT2D eigenvalue weighted by Crippen LogP contribution is -2.48. The molecule has 0 saturated carbocycles. The minimum absolute atomic E-state index is 0.0618. The van der Waals surface area contributed by atoms with Crippen molar-refractivity contribution < 1.29 is 14.3 Å². The normalized spacial score (nSPS) is 16.0. The first-order valence-corrected chi connectivity index (χ1v) is 11.4. The predicted octanol–water partition coefficient (Wildman–Crippen LogP) is 2.26. The summed E-state index contributed by atoms with van der Waals surface area (Å²) in [5, 5.41) is 6.81. The third-order valence-corrected chi connectivity index (χ3v) is 5.27. The Balaban J connectivity index is 1.94. The summed E-state index contributed by atoms with van der Waals surface area (Å²) in [7, 11) is 0. The van der Waals surface area contributed by atoms with Crippen LogP contribution < -0.4 is 20.1 Å². The van der Waals surface area contributed by atoms with Gasteiger partial charge in [0.1, 0.15) is 0 Å². The maximum absolute atomic E-state index is 11.5. The summed E-state index contributed by atoms with van der Waals surface area (Å²) in [5.41, 5.74) is 1.11. The molecule has 0 bridgehead atoms. The molecular weight excluding hydrogens is 394 g/mol. The number of ether oxygens (including phenoxy) is 2. The molecule has 1 atom stereocenters. The summed E-state index contributed by atoms with van der Waals surface area (Å²) in [6.45, 7) is 16.7. The summed E-state index contributed by atoms with van der Waals surface area (Å²) < 4.78 is 11.4. The second-order valence-electron chi connectivity index (χ2n) is 7.55. The average Bonchev–Trinajstić information content (AvgIpc) is 2.75. The lowest BCUT2D eigenvalue weighted by atomic mass is 10.1. The Morgan fingerprint density at radius 1 is 1.10 bits per heavy atom. The van der Waals surface area contributed by atoms with E-state index in [9.17, 15) is 4.79 Å². The molecular formula is C23H39N5O3.